The molecule has 3 aliphatic rings. The van der Waals surface area contributed by atoms with Crippen molar-refractivity contribution in [1.29, 1.82) is 0 Å². The Morgan fingerprint density at radius 1 is 1.20 bits per heavy atom. The van der Waals surface area contributed by atoms with Gasteiger partial charge in [-0.05, 0) is 24.8 Å². The molecular weight excluding hydrogens is 186 g/mol. The monoisotopic (exact) mass is 201 g/mol. The Bertz CT molecular complexity index is 409. The van der Waals surface area contributed by atoms with Crippen molar-refractivity contribution in [1.82, 2.24) is 5.06 Å². The van der Waals surface area contributed by atoms with Gasteiger partial charge in [0.2, 0.25) is 0 Å². The van der Waals surface area contributed by atoms with Crippen LogP contribution in [-0.2, 0) is 11.3 Å². The fourth-order valence-corrected chi connectivity index (χ4v) is 3.42. The zero-order chi connectivity index (χ0) is 9.88. The van der Waals surface area contributed by atoms with Crippen molar-refractivity contribution in [3.05, 3.63) is 35.4 Å². The first-order chi connectivity index (χ1) is 7.39. The van der Waals surface area contributed by atoms with E-state index in [1.54, 1.807) is 0 Å². The number of fused-ring (bicyclic) bond motifs is 4. The quantitative estimate of drug-likeness (QED) is 0.600. The van der Waals surface area contributed by atoms with E-state index in [0.717, 1.165) is 0 Å². The molecule has 0 bridgehead atoms. The molecule has 2 aliphatic heterocycles. The van der Waals surface area contributed by atoms with Crippen molar-refractivity contribution in [2.75, 3.05) is 0 Å². The predicted molar refractivity (Wildman–Crippen MR) is 57.0 cm³/mol. The van der Waals surface area contributed by atoms with E-state index in [-0.39, 0.29) is 6.23 Å². The maximum absolute atomic E-state index is 5.78. The highest BCUT2D eigenvalue weighted by atomic mass is 16.8. The summed E-state index contributed by atoms with van der Waals surface area (Å²) in [7, 11) is 0. The molecular formula is C13H15NO. The summed E-state index contributed by atoms with van der Waals surface area (Å²) in [6, 6.07) is 8.75. The molecule has 2 nitrogen and oxygen atoms in total. The Morgan fingerprint density at radius 2 is 2.00 bits per heavy atom. The lowest BCUT2D eigenvalue weighted by Crippen LogP contribution is -2.39. The van der Waals surface area contributed by atoms with Crippen molar-refractivity contribution in [2.45, 2.75) is 43.9 Å². The molecule has 0 aromatic heterocycles. The molecule has 1 aromatic carbocycles. The first-order valence-electron chi connectivity index (χ1n) is 5.93. The summed E-state index contributed by atoms with van der Waals surface area (Å²) >= 11 is 0. The van der Waals surface area contributed by atoms with E-state index in [1.807, 2.05) is 0 Å². The third-order valence-corrected chi connectivity index (χ3v) is 4.22. The highest BCUT2D eigenvalue weighted by Crippen LogP contribution is 2.55. The van der Waals surface area contributed by atoms with Crippen LogP contribution in [0.2, 0.25) is 0 Å². The van der Waals surface area contributed by atoms with Gasteiger partial charge in [-0.25, -0.2) is 0 Å². The lowest BCUT2D eigenvalue weighted by atomic mass is 9.83. The minimum absolute atomic E-state index is 0.285. The second-order valence-corrected chi connectivity index (χ2v) is 5.09. The van der Waals surface area contributed by atoms with E-state index in [9.17, 15) is 0 Å². The van der Waals surface area contributed by atoms with Gasteiger partial charge in [-0.2, -0.15) is 0 Å². The molecule has 1 aromatic rings. The Kier molecular flexibility index (Phi) is 1.46. The van der Waals surface area contributed by atoms with E-state index < -0.39 is 0 Å². The van der Waals surface area contributed by atoms with Gasteiger partial charge in [0.25, 0.3) is 0 Å². The van der Waals surface area contributed by atoms with Gasteiger partial charge in [-0.1, -0.05) is 37.1 Å². The Hall–Kier alpha value is -0.860. The molecule has 2 heteroatoms. The highest BCUT2D eigenvalue weighted by Gasteiger charge is 2.57. The molecule has 2 unspecified atom stereocenters. The zero-order valence-electron chi connectivity index (χ0n) is 8.78. The van der Waals surface area contributed by atoms with Crippen LogP contribution in [0, 0.1) is 0 Å². The summed E-state index contributed by atoms with van der Waals surface area (Å²) in [6.07, 6.45) is 6.85. The number of benzene rings is 1. The number of hydrogen-bond donors (Lipinski definition) is 0. The van der Waals surface area contributed by atoms with E-state index in [1.165, 1.54) is 43.2 Å². The molecule has 15 heavy (non-hydrogen) atoms. The lowest BCUT2D eigenvalue weighted by Gasteiger charge is -2.32. The SMILES string of the molecule is c1ccc2c(c1)CC1(CCCC1)N1OC21. The topological polar surface area (TPSA) is 15.5 Å². The standard InChI is InChI=1S/C13H15NO/c1-2-6-11-10(5-1)9-13(7-3-4-8-13)14-12(11)15-14/h1-2,5-6,12H,3-4,7-9H2. The third-order valence-electron chi connectivity index (χ3n) is 4.22. The Morgan fingerprint density at radius 3 is 2.87 bits per heavy atom. The van der Waals surface area contributed by atoms with Crippen LogP contribution in [0.4, 0.5) is 0 Å². The van der Waals surface area contributed by atoms with Gasteiger partial charge in [0.05, 0.1) is 5.54 Å². The van der Waals surface area contributed by atoms with Crippen LogP contribution in [0.25, 0.3) is 0 Å². The normalized spacial score (nSPS) is 34.9. The van der Waals surface area contributed by atoms with Crippen LogP contribution < -0.4 is 0 Å². The van der Waals surface area contributed by atoms with Crippen molar-refractivity contribution >= 4 is 0 Å². The average molecular weight is 201 g/mol. The molecule has 2 fully saturated rings. The molecule has 4 rings (SSSR count). The molecule has 2 heterocycles. The molecule has 2 atom stereocenters. The maximum Gasteiger partial charge on any atom is 0.180 e. The molecule has 1 saturated carbocycles. The van der Waals surface area contributed by atoms with Gasteiger partial charge in [0, 0.05) is 5.56 Å². The van der Waals surface area contributed by atoms with Gasteiger partial charge in [-0.15, -0.1) is 5.06 Å². The lowest BCUT2D eigenvalue weighted by molar-refractivity contribution is 0.0643. The van der Waals surface area contributed by atoms with E-state index in [2.05, 4.69) is 29.3 Å². The summed E-state index contributed by atoms with van der Waals surface area (Å²) in [5.74, 6) is 0. The molecule has 1 saturated heterocycles. The van der Waals surface area contributed by atoms with Crippen molar-refractivity contribution in [3.8, 4) is 0 Å². The molecule has 0 amide bonds. The predicted octanol–water partition coefficient (Wildman–Crippen LogP) is 2.80. The van der Waals surface area contributed by atoms with Crippen LogP contribution in [0.5, 0.6) is 0 Å². The van der Waals surface area contributed by atoms with Gasteiger partial charge >= 0.3 is 0 Å². The fraction of sp³-hybridized carbons (Fsp3) is 0.538. The van der Waals surface area contributed by atoms with Gasteiger partial charge in [0.15, 0.2) is 6.23 Å². The Balaban J connectivity index is 1.81. The summed E-state index contributed by atoms with van der Waals surface area (Å²) in [4.78, 5) is 5.78. The van der Waals surface area contributed by atoms with Gasteiger partial charge in [-0.3, -0.25) is 4.84 Å². The van der Waals surface area contributed by atoms with Crippen LogP contribution in [0.3, 0.4) is 0 Å². The summed E-state index contributed by atoms with van der Waals surface area (Å²) in [6.45, 7) is 0. The van der Waals surface area contributed by atoms with Gasteiger partial charge in [0.1, 0.15) is 0 Å². The summed E-state index contributed by atoms with van der Waals surface area (Å²) in [5, 5.41) is 2.27. The second kappa shape index (κ2) is 2.63. The van der Waals surface area contributed by atoms with Crippen molar-refractivity contribution in [3.63, 3.8) is 0 Å². The van der Waals surface area contributed by atoms with E-state index in [4.69, 9.17) is 4.84 Å². The van der Waals surface area contributed by atoms with Crippen LogP contribution in [-0.4, -0.2) is 10.6 Å². The van der Waals surface area contributed by atoms with Crippen LogP contribution in [0.15, 0.2) is 24.3 Å². The number of hydroxylamine groups is 2. The van der Waals surface area contributed by atoms with E-state index >= 15 is 0 Å². The summed E-state index contributed by atoms with van der Waals surface area (Å²) < 4.78 is 0. The minimum atomic E-state index is 0.285. The fourth-order valence-electron chi connectivity index (χ4n) is 3.42. The first kappa shape index (κ1) is 8.31. The van der Waals surface area contributed by atoms with E-state index in [0.29, 0.717) is 5.54 Å². The number of rotatable bonds is 0. The molecule has 0 N–H and O–H groups in total. The number of nitrogens with zero attached hydrogens (tertiary/aromatic N) is 1. The van der Waals surface area contributed by atoms with Gasteiger partial charge < -0.3 is 0 Å². The van der Waals surface area contributed by atoms with Crippen LogP contribution in [0.1, 0.15) is 43.0 Å². The highest BCUT2D eigenvalue weighted by molar-refractivity contribution is 5.35. The molecule has 1 spiro atoms. The molecule has 1 aliphatic carbocycles. The third kappa shape index (κ3) is 1.01. The largest absolute Gasteiger partial charge is 0.269 e. The zero-order valence-corrected chi connectivity index (χ0v) is 8.78. The summed E-state index contributed by atoms with van der Waals surface area (Å²) in [5.41, 5.74) is 3.27. The first-order valence-corrected chi connectivity index (χ1v) is 5.93. The van der Waals surface area contributed by atoms with Crippen molar-refractivity contribution in [2.24, 2.45) is 0 Å². The van der Waals surface area contributed by atoms with Crippen LogP contribution >= 0.6 is 0 Å². The molecule has 78 valence electrons. The minimum Gasteiger partial charge on any atom is -0.269 e. The van der Waals surface area contributed by atoms with Crippen molar-refractivity contribution < 1.29 is 4.84 Å². The molecule has 0 radical (unpaired) electrons. The second-order valence-electron chi connectivity index (χ2n) is 5.09. The smallest absolute Gasteiger partial charge is 0.180 e. The maximum atomic E-state index is 5.78. The average Bonchev–Trinajstić information content (AvgIpc) is 2.96. The number of hydrogen-bond acceptors (Lipinski definition) is 2. The Labute approximate surface area is 89.8 Å².